The molecule has 0 aliphatic heterocycles. The lowest BCUT2D eigenvalue weighted by atomic mass is 10.1. The first-order valence-electron chi connectivity index (χ1n) is 9.11. The van der Waals surface area contributed by atoms with Gasteiger partial charge in [-0.1, -0.05) is 24.3 Å². The second-order valence-electron chi connectivity index (χ2n) is 6.64. The van der Waals surface area contributed by atoms with E-state index in [1.165, 1.54) is 67.6 Å². The van der Waals surface area contributed by atoms with Crippen molar-refractivity contribution in [3.8, 4) is 0 Å². The molecular formula is C23H18FNO5S. The summed E-state index contributed by atoms with van der Waals surface area (Å²) in [6.07, 6.45) is 1.42. The number of carboxylic acids is 1. The fourth-order valence-electron chi connectivity index (χ4n) is 2.81. The van der Waals surface area contributed by atoms with Crippen LogP contribution in [0.4, 0.5) is 10.1 Å². The highest BCUT2D eigenvalue weighted by atomic mass is 32.2. The molecule has 31 heavy (non-hydrogen) atoms. The van der Waals surface area contributed by atoms with Gasteiger partial charge in [0.05, 0.1) is 16.1 Å². The molecule has 2 N–H and O–H groups in total. The molecular weight excluding hydrogens is 421 g/mol. The Labute approximate surface area is 178 Å². The van der Waals surface area contributed by atoms with Crippen molar-refractivity contribution in [3.63, 3.8) is 0 Å². The van der Waals surface area contributed by atoms with Gasteiger partial charge in [-0.15, -0.1) is 0 Å². The normalized spacial score (nSPS) is 11.7. The van der Waals surface area contributed by atoms with Crippen LogP contribution in [-0.2, 0) is 9.84 Å². The van der Waals surface area contributed by atoms with Gasteiger partial charge in [-0.2, -0.15) is 0 Å². The number of nitrogens with one attached hydrogen (secondary N) is 1. The number of hydrogen-bond acceptors (Lipinski definition) is 4. The average Bonchev–Trinajstić information content (AvgIpc) is 2.74. The number of anilines is 1. The number of rotatable bonds is 6. The maximum absolute atomic E-state index is 13.1. The van der Waals surface area contributed by atoms with Crippen LogP contribution in [0.3, 0.4) is 0 Å². The number of benzene rings is 3. The lowest BCUT2D eigenvalue weighted by molar-refractivity contribution is 0.0696. The monoisotopic (exact) mass is 439 g/mol. The number of halogens is 1. The van der Waals surface area contributed by atoms with Crippen LogP contribution < -0.4 is 5.32 Å². The van der Waals surface area contributed by atoms with Crippen LogP contribution in [0.2, 0.25) is 0 Å². The van der Waals surface area contributed by atoms with E-state index >= 15 is 0 Å². The maximum Gasteiger partial charge on any atom is 0.335 e. The van der Waals surface area contributed by atoms with E-state index in [1.807, 2.05) is 0 Å². The molecule has 6 nitrogen and oxygen atoms in total. The molecule has 0 saturated carbocycles. The summed E-state index contributed by atoms with van der Waals surface area (Å²) in [7, 11) is -3.96. The Balaban J connectivity index is 1.91. The first-order valence-corrected chi connectivity index (χ1v) is 10.6. The molecule has 3 aromatic carbocycles. The van der Waals surface area contributed by atoms with Gasteiger partial charge in [-0.05, 0) is 67.1 Å². The smallest absolute Gasteiger partial charge is 0.335 e. The fraction of sp³-hybridized carbons (Fsp3) is 0.0435. The van der Waals surface area contributed by atoms with Gasteiger partial charge in [0.25, 0.3) is 5.91 Å². The minimum atomic E-state index is -3.96. The van der Waals surface area contributed by atoms with Crippen LogP contribution in [0.5, 0.6) is 0 Å². The number of carboxylic acid groups (broad SMARTS) is 1. The lowest BCUT2D eigenvalue weighted by Gasteiger charge is -2.12. The molecule has 0 saturated heterocycles. The molecule has 3 rings (SSSR count). The highest BCUT2D eigenvalue weighted by molar-refractivity contribution is 7.95. The van der Waals surface area contributed by atoms with Crippen molar-refractivity contribution in [1.29, 1.82) is 0 Å². The van der Waals surface area contributed by atoms with Gasteiger partial charge in [-0.25, -0.2) is 17.6 Å². The summed E-state index contributed by atoms with van der Waals surface area (Å²) in [5.74, 6) is -2.14. The molecule has 0 radical (unpaired) electrons. The zero-order chi connectivity index (χ0) is 22.6. The molecule has 0 aromatic heterocycles. The molecule has 0 atom stereocenters. The topological polar surface area (TPSA) is 101 Å². The van der Waals surface area contributed by atoms with E-state index in [-0.39, 0.29) is 26.6 Å². The summed E-state index contributed by atoms with van der Waals surface area (Å²) in [6, 6.07) is 16.6. The van der Waals surface area contributed by atoms with E-state index in [4.69, 9.17) is 5.11 Å². The standard InChI is InChI=1S/C23H18FNO5S/c1-15(14-16-6-8-18(9-7-16)23(27)28)31(29,30)21-5-3-2-4-20(21)25-22(26)17-10-12-19(24)13-11-17/h2-14H,1H3,(H,25,26)(H,27,28)/b15-14-. The number of amides is 1. The van der Waals surface area contributed by atoms with Crippen LogP contribution in [0.1, 0.15) is 33.2 Å². The Bertz CT molecular complexity index is 1260. The molecule has 1 amide bonds. The third kappa shape index (κ3) is 5.04. The number of allylic oxidation sites excluding steroid dienone is 1. The van der Waals surface area contributed by atoms with Gasteiger partial charge in [0.2, 0.25) is 9.84 Å². The van der Waals surface area contributed by atoms with Crippen molar-refractivity contribution in [1.82, 2.24) is 0 Å². The Hall–Kier alpha value is -3.78. The molecule has 0 unspecified atom stereocenters. The maximum atomic E-state index is 13.1. The van der Waals surface area contributed by atoms with E-state index < -0.39 is 27.5 Å². The summed E-state index contributed by atoms with van der Waals surface area (Å²) >= 11 is 0. The fourth-order valence-corrected chi connectivity index (χ4v) is 4.11. The molecule has 0 aliphatic carbocycles. The molecule has 0 heterocycles. The highest BCUT2D eigenvalue weighted by Crippen LogP contribution is 2.28. The zero-order valence-corrected chi connectivity index (χ0v) is 17.2. The Morgan fingerprint density at radius 1 is 0.903 bits per heavy atom. The van der Waals surface area contributed by atoms with Crippen LogP contribution in [-0.4, -0.2) is 25.4 Å². The predicted molar refractivity (Wildman–Crippen MR) is 115 cm³/mol. The van der Waals surface area contributed by atoms with Crippen molar-refractivity contribution in [3.05, 3.63) is 100 Å². The molecule has 0 bridgehead atoms. The van der Waals surface area contributed by atoms with Crippen molar-refractivity contribution < 1.29 is 27.5 Å². The van der Waals surface area contributed by atoms with Crippen molar-refractivity contribution >= 4 is 33.5 Å². The average molecular weight is 439 g/mol. The first kappa shape index (κ1) is 21.9. The van der Waals surface area contributed by atoms with Gasteiger partial charge >= 0.3 is 5.97 Å². The van der Waals surface area contributed by atoms with Gasteiger partial charge in [-0.3, -0.25) is 4.79 Å². The SMILES string of the molecule is C/C(=C/c1ccc(C(=O)O)cc1)S(=O)(=O)c1ccccc1NC(=O)c1ccc(F)cc1. The summed E-state index contributed by atoms with van der Waals surface area (Å²) in [5, 5.41) is 11.5. The number of para-hydroxylation sites is 1. The minimum absolute atomic E-state index is 0.0130. The van der Waals surface area contributed by atoms with Gasteiger partial charge in [0.1, 0.15) is 5.82 Å². The summed E-state index contributed by atoms with van der Waals surface area (Å²) in [4.78, 5) is 23.3. The van der Waals surface area contributed by atoms with Crippen molar-refractivity contribution in [2.24, 2.45) is 0 Å². The van der Waals surface area contributed by atoms with Crippen LogP contribution >= 0.6 is 0 Å². The van der Waals surface area contributed by atoms with E-state index in [1.54, 1.807) is 6.07 Å². The quantitative estimate of drug-likeness (QED) is 0.584. The Morgan fingerprint density at radius 3 is 2.10 bits per heavy atom. The van der Waals surface area contributed by atoms with Crippen molar-refractivity contribution in [2.45, 2.75) is 11.8 Å². The number of carbonyl (C=O) groups is 2. The summed E-state index contributed by atoms with van der Waals surface area (Å²) in [6.45, 7) is 1.42. The Kier molecular flexibility index (Phi) is 6.31. The Morgan fingerprint density at radius 2 is 1.48 bits per heavy atom. The first-order chi connectivity index (χ1) is 14.7. The zero-order valence-electron chi connectivity index (χ0n) is 16.4. The van der Waals surface area contributed by atoms with E-state index in [0.29, 0.717) is 5.56 Å². The highest BCUT2D eigenvalue weighted by Gasteiger charge is 2.22. The summed E-state index contributed by atoms with van der Waals surface area (Å²) in [5.41, 5.74) is 0.871. The number of carbonyl (C=O) groups excluding carboxylic acids is 1. The molecule has 0 fully saturated rings. The number of aromatic carboxylic acids is 1. The third-order valence-electron chi connectivity index (χ3n) is 4.48. The molecule has 0 aliphatic rings. The van der Waals surface area contributed by atoms with Gasteiger partial charge in [0.15, 0.2) is 0 Å². The van der Waals surface area contributed by atoms with Gasteiger partial charge in [0, 0.05) is 10.5 Å². The predicted octanol–water partition coefficient (Wildman–Crippen LogP) is 4.61. The minimum Gasteiger partial charge on any atom is -0.478 e. The molecule has 8 heteroatoms. The van der Waals surface area contributed by atoms with E-state index in [9.17, 15) is 22.4 Å². The third-order valence-corrected chi connectivity index (χ3v) is 6.38. The molecule has 3 aromatic rings. The van der Waals surface area contributed by atoms with E-state index in [2.05, 4.69) is 5.32 Å². The van der Waals surface area contributed by atoms with Crippen LogP contribution in [0.15, 0.2) is 82.6 Å². The van der Waals surface area contributed by atoms with Gasteiger partial charge < -0.3 is 10.4 Å². The van der Waals surface area contributed by atoms with Crippen LogP contribution in [0.25, 0.3) is 6.08 Å². The summed E-state index contributed by atoms with van der Waals surface area (Å²) < 4.78 is 39.3. The lowest BCUT2D eigenvalue weighted by Crippen LogP contribution is -2.15. The molecule has 0 spiro atoms. The second kappa shape index (κ2) is 8.93. The largest absolute Gasteiger partial charge is 0.478 e. The van der Waals surface area contributed by atoms with Crippen molar-refractivity contribution in [2.75, 3.05) is 5.32 Å². The van der Waals surface area contributed by atoms with E-state index in [0.717, 1.165) is 12.1 Å². The second-order valence-corrected chi connectivity index (χ2v) is 8.73. The number of sulfone groups is 1. The number of hydrogen-bond donors (Lipinski definition) is 2. The van der Waals surface area contributed by atoms with Crippen LogP contribution in [0, 0.1) is 5.82 Å². The molecule has 158 valence electrons.